The minimum Gasteiger partial charge on any atom is -0.495 e. The Bertz CT molecular complexity index is 1370. The third-order valence-corrected chi connectivity index (χ3v) is 6.00. The maximum Gasteiger partial charge on any atom is 0.283 e. The normalized spacial score (nSPS) is 13.1. The smallest absolute Gasteiger partial charge is 0.283 e. The molecule has 37 heavy (non-hydrogen) atoms. The molecule has 2 N–H and O–H groups in total. The molecule has 0 aromatic heterocycles. The van der Waals surface area contributed by atoms with Crippen molar-refractivity contribution in [1.29, 1.82) is 0 Å². The first-order valence-electron chi connectivity index (χ1n) is 11.6. The summed E-state index contributed by atoms with van der Waals surface area (Å²) in [7, 11) is 1.55. The fraction of sp³-hybridized carbons (Fsp3) is 0.179. The SMILES string of the molecule is CCOc1ccc(N2C(=O)C(Cl)=C(Nc3ccc(CC(=O)Nc4cc(C)ccc4OC)cc3)C2=O)cc1. The Labute approximate surface area is 219 Å². The molecule has 8 nitrogen and oxygen atoms in total. The molecule has 0 spiro atoms. The number of hydrogen-bond acceptors (Lipinski definition) is 6. The van der Waals surface area contributed by atoms with Crippen LogP contribution in [0.2, 0.25) is 0 Å². The number of hydrogen-bond donors (Lipinski definition) is 2. The van der Waals surface area contributed by atoms with E-state index in [0.29, 0.717) is 35.2 Å². The highest BCUT2D eigenvalue weighted by molar-refractivity contribution is 6.53. The highest BCUT2D eigenvalue weighted by Gasteiger charge is 2.39. The summed E-state index contributed by atoms with van der Waals surface area (Å²) in [6.07, 6.45) is 0.143. The number of halogens is 1. The summed E-state index contributed by atoms with van der Waals surface area (Å²) in [5.74, 6) is -0.154. The molecule has 0 unspecified atom stereocenters. The van der Waals surface area contributed by atoms with Crippen LogP contribution < -0.4 is 25.0 Å². The Morgan fingerprint density at radius 1 is 0.973 bits per heavy atom. The Balaban J connectivity index is 1.41. The second-order valence-electron chi connectivity index (χ2n) is 8.31. The Hall–Kier alpha value is -4.30. The number of benzene rings is 3. The zero-order valence-electron chi connectivity index (χ0n) is 20.6. The number of aryl methyl sites for hydroxylation is 1. The van der Waals surface area contributed by atoms with Crippen molar-refractivity contribution in [2.24, 2.45) is 0 Å². The van der Waals surface area contributed by atoms with Gasteiger partial charge in [0, 0.05) is 5.69 Å². The number of carbonyl (C=O) groups is 3. The van der Waals surface area contributed by atoms with Crippen LogP contribution in [0.1, 0.15) is 18.1 Å². The van der Waals surface area contributed by atoms with Gasteiger partial charge in [-0.1, -0.05) is 29.8 Å². The van der Waals surface area contributed by atoms with Crippen LogP contribution in [0.3, 0.4) is 0 Å². The molecule has 0 aliphatic carbocycles. The van der Waals surface area contributed by atoms with Crippen molar-refractivity contribution in [2.75, 3.05) is 29.3 Å². The molecular weight excluding hydrogens is 494 g/mol. The predicted molar refractivity (Wildman–Crippen MR) is 143 cm³/mol. The van der Waals surface area contributed by atoms with Crippen molar-refractivity contribution in [3.63, 3.8) is 0 Å². The summed E-state index contributed by atoms with van der Waals surface area (Å²) in [6.45, 7) is 4.31. The molecule has 1 heterocycles. The zero-order valence-corrected chi connectivity index (χ0v) is 21.4. The van der Waals surface area contributed by atoms with Gasteiger partial charge in [-0.3, -0.25) is 14.4 Å². The van der Waals surface area contributed by atoms with Gasteiger partial charge in [0.05, 0.1) is 31.5 Å². The van der Waals surface area contributed by atoms with E-state index in [1.165, 1.54) is 0 Å². The molecule has 1 aliphatic rings. The number of imide groups is 1. The molecule has 0 saturated heterocycles. The molecule has 9 heteroatoms. The lowest BCUT2D eigenvalue weighted by Crippen LogP contribution is -2.32. The van der Waals surface area contributed by atoms with Crippen LogP contribution in [0.4, 0.5) is 17.1 Å². The Morgan fingerprint density at radius 3 is 2.32 bits per heavy atom. The third kappa shape index (κ3) is 5.76. The van der Waals surface area contributed by atoms with Gasteiger partial charge >= 0.3 is 0 Å². The quantitative estimate of drug-likeness (QED) is 0.385. The second kappa shape index (κ2) is 11.2. The van der Waals surface area contributed by atoms with Crippen LogP contribution >= 0.6 is 11.6 Å². The molecule has 1 aliphatic heterocycles. The summed E-state index contributed by atoms with van der Waals surface area (Å²) in [6, 6.07) is 19.1. The predicted octanol–water partition coefficient (Wildman–Crippen LogP) is 5.02. The van der Waals surface area contributed by atoms with Gasteiger partial charge in [-0.25, -0.2) is 4.90 Å². The van der Waals surface area contributed by atoms with Crippen LogP contribution in [0, 0.1) is 6.92 Å². The summed E-state index contributed by atoms with van der Waals surface area (Å²) < 4.78 is 10.7. The van der Waals surface area contributed by atoms with Crippen LogP contribution in [-0.2, 0) is 20.8 Å². The number of rotatable bonds is 9. The molecule has 0 saturated carbocycles. The van der Waals surface area contributed by atoms with E-state index in [0.717, 1.165) is 16.0 Å². The summed E-state index contributed by atoms with van der Waals surface area (Å²) in [5.41, 5.74) is 3.29. The first kappa shape index (κ1) is 25.8. The topological polar surface area (TPSA) is 97.0 Å². The number of anilines is 3. The minimum atomic E-state index is -0.613. The molecule has 3 aromatic rings. The van der Waals surface area contributed by atoms with Gasteiger partial charge < -0.3 is 20.1 Å². The van der Waals surface area contributed by atoms with Gasteiger partial charge in [-0.05, 0) is 73.5 Å². The van der Waals surface area contributed by atoms with Gasteiger partial charge in [0.25, 0.3) is 11.8 Å². The van der Waals surface area contributed by atoms with Crippen LogP contribution in [-0.4, -0.2) is 31.4 Å². The summed E-state index contributed by atoms with van der Waals surface area (Å²) in [5, 5.41) is 5.61. The van der Waals surface area contributed by atoms with E-state index in [9.17, 15) is 14.4 Å². The van der Waals surface area contributed by atoms with E-state index in [1.54, 1.807) is 61.7 Å². The number of methoxy groups -OCH3 is 1. The Kier molecular flexibility index (Phi) is 7.79. The van der Waals surface area contributed by atoms with Crippen molar-refractivity contribution < 1.29 is 23.9 Å². The maximum absolute atomic E-state index is 13.0. The van der Waals surface area contributed by atoms with Crippen molar-refractivity contribution >= 4 is 46.4 Å². The average molecular weight is 520 g/mol. The molecule has 0 bridgehead atoms. The van der Waals surface area contributed by atoms with Gasteiger partial charge in [0.2, 0.25) is 5.91 Å². The second-order valence-corrected chi connectivity index (χ2v) is 8.69. The molecule has 0 atom stereocenters. The number of nitrogens with zero attached hydrogens (tertiary/aromatic N) is 1. The van der Waals surface area contributed by atoms with Crippen molar-refractivity contribution in [3.8, 4) is 11.5 Å². The number of carbonyl (C=O) groups excluding carboxylic acids is 3. The van der Waals surface area contributed by atoms with E-state index < -0.39 is 11.8 Å². The average Bonchev–Trinajstić information content (AvgIpc) is 3.09. The first-order valence-corrected chi connectivity index (χ1v) is 12.0. The number of ether oxygens (including phenoxy) is 2. The molecule has 3 amide bonds. The lowest BCUT2D eigenvalue weighted by Gasteiger charge is -2.15. The number of amides is 3. The summed E-state index contributed by atoms with van der Waals surface area (Å²) in [4.78, 5) is 39.3. The largest absolute Gasteiger partial charge is 0.495 e. The van der Waals surface area contributed by atoms with Gasteiger partial charge in [0.1, 0.15) is 22.2 Å². The standard InChI is InChI=1S/C28H26ClN3O5/c1-4-37-21-12-10-20(11-13-21)32-27(34)25(29)26(28(32)35)30-19-8-6-18(7-9-19)16-24(33)31-22-15-17(2)5-14-23(22)36-3/h5-15,30H,4,16H2,1-3H3,(H,31,33). The van der Waals surface area contributed by atoms with Gasteiger partial charge in [-0.15, -0.1) is 0 Å². The Morgan fingerprint density at radius 2 is 1.68 bits per heavy atom. The molecule has 0 radical (unpaired) electrons. The fourth-order valence-electron chi connectivity index (χ4n) is 3.85. The zero-order chi connectivity index (χ0) is 26.5. The lowest BCUT2D eigenvalue weighted by molar-refractivity contribution is -0.120. The van der Waals surface area contributed by atoms with Crippen molar-refractivity contribution in [2.45, 2.75) is 20.3 Å². The lowest BCUT2D eigenvalue weighted by atomic mass is 10.1. The maximum atomic E-state index is 13.0. The highest BCUT2D eigenvalue weighted by Crippen LogP contribution is 2.31. The van der Waals surface area contributed by atoms with Gasteiger partial charge in [0.15, 0.2) is 0 Å². The van der Waals surface area contributed by atoms with Crippen LogP contribution in [0.25, 0.3) is 0 Å². The van der Waals surface area contributed by atoms with E-state index >= 15 is 0 Å². The van der Waals surface area contributed by atoms with E-state index in [4.69, 9.17) is 21.1 Å². The van der Waals surface area contributed by atoms with Crippen LogP contribution in [0.15, 0.2) is 77.5 Å². The van der Waals surface area contributed by atoms with Crippen LogP contribution in [0.5, 0.6) is 11.5 Å². The number of nitrogens with one attached hydrogen (secondary N) is 2. The molecule has 190 valence electrons. The minimum absolute atomic E-state index is 0.0161. The first-order chi connectivity index (χ1) is 17.8. The third-order valence-electron chi connectivity index (χ3n) is 5.65. The molecular formula is C28H26ClN3O5. The van der Waals surface area contributed by atoms with Gasteiger partial charge in [-0.2, -0.15) is 0 Å². The highest BCUT2D eigenvalue weighted by atomic mass is 35.5. The van der Waals surface area contributed by atoms with E-state index in [-0.39, 0.29) is 23.1 Å². The fourth-order valence-corrected chi connectivity index (χ4v) is 4.07. The van der Waals surface area contributed by atoms with E-state index in [1.807, 2.05) is 26.0 Å². The van der Waals surface area contributed by atoms with E-state index in [2.05, 4.69) is 10.6 Å². The summed E-state index contributed by atoms with van der Waals surface area (Å²) >= 11 is 6.23. The molecule has 3 aromatic carbocycles. The molecule has 0 fully saturated rings. The molecule has 4 rings (SSSR count). The van der Waals surface area contributed by atoms with Crippen molar-refractivity contribution in [3.05, 3.63) is 88.6 Å². The monoisotopic (exact) mass is 519 g/mol. The van der Waals surface area contributed by atoms with Crippen molar-refractivity contribution in [1.82, 2.24) is 0 Å².